The highest BCUT2D eigenvalue weighted by atomic mass is 16.5. The Morgan fingerprint density at radius 1 is 1.14 bits per heavy atom. The molecular formula is C12H14N2O8. The summed E-state index contributed by atoms with van der Waals surface area (Å²) in [5.41, 5.74) is 0.830. The summed E-state index contributed by atoms with van der Waals surface area (Å²) in [7, 11) is 2.95. The summed E-state index contributed by atoms with van der Waals surface area (Å²) >= 11 is 0. The summed E-state index contributed by atoms with van der Waals surface area (Å²) in [5.74, 6) is -2.35. The lowest BCUT2D eigenvalue weighted by Crippen LogP contribution is -2.00. The van der Waals surface area contributed by atoms with Crippen molar-refractivity contribution in [1.29, 1.82) is 0 Å². The summed E-state index contributed by atoms with van der Waals surface area (Å²) in [5, 5.41) is 23.8. The van der Waals surface area contributed by atoms with Crippen LogP contribution in [0.4, 0.5) is 0 Å². The number of carboxylic acids is 2. The third-order valence-corrected chi connectivity index (χ3v) is 2.22. The van der Waals surface area contributed by atoms with Crippen LogP contribution in [0.15, 0.2) is 21.4 Å². The van der Waals surface area contributed by atoms with Crippen LogP contribution in [-0.2, 0) is 22.7 Å². The third kappa shape index (κ3) is 5.00. The van der Waals surface area contributed by atoms with E-state index in [9.17, 15) is 9.59 Å². The van der Waals surface area contributed by atoms with Crippen molar-refractivity contribution in [2.75, 3.05) is 14.2 Å². The maximum atomic E-state index is 10.4. The van der Waals surface area contributed by atoms with Gasteiger partial charge in [-0.1, -0.05) is 10.3 Å². The van der Waals surface area contributed by atoms with Gasteiger partial charge in [0, 0.05) is 20.3 Å². The number of ether oxygens (including phenoxy) is 2. The molecule has 0 aliphatic carbocycles. The minimum atomic E-state index is -1.13. The van der Waals surface area contributed by atoms with Gasteiger partial charge >= 0.3 is 11.9 Å². The number of carbonyl (C=O) groups is 2. The summed E-state index contributed by atoms with van der Waals surface area (Å²) in [6, 6.07) is 1.33. The van der Waals surface area contributed by atoms with Crippen molar-refractivity contribution in [2.45, 2.75) is 13.2 Å². The number of carboxylic acid groups (broad SMARTS) is 2. The Labute approximate surface area is 124 Å². The first-order valence-corrected chi connectivity index (χ1v) is 5.82. The molecule has 10 nitrogen and oxygen atoms in total. The molecule has 0 amide bonds. The molecule has 22 heavy (non-hydrogen) atoms. The van der Waals surface area contributed by atoms with Crippen molar-refractivity contribution in [1.82, 2.24) is 10.3 Å². The van der Waals surface area contributed by atoms with Crippen molar-refractivity contribution < 1.29 is 38.3 Å². The monoisotopic (exact) mass is 314 g/mol. The zero-order valence-electron chi connectivity index (χ0n) is 11.8. The minimum Gasteiger partial charge on any atom is -0.478 e. The highest BCUT2D eigenvalue weighted by Crippen LogP contribution is 2.07. The zero-order chi connectivity index (χ0) is 16.5. The molecule has 0 unspecified atom stereocenters. The molecule has 0 atom stereocenters. The Bertz CT molecular complexity index is 618. The van der Waals surface area contributed by atoms with Gasteiger partial charge in [-0.3, -0.25) is 0 Å². The fourth-order valence-electron chi connectivity index (χ4n) is 1.30. The van der Waals surface area contributed by atoms with E-state index in [1.807, 2.05) is 0 Å². The molecule has 0 bridgehead atoms. The normalized spacial score (nSPS) is 9.91. The molecule has 2 N–H and O–H groups in total. The van der Waals surface area contributed by atoms with Crippen LogP contribution < -0.4 is 0 Å². The molecular weight excluding hydrogens is 300 g/mol. The van der Waals surface area contributed by atoms with Crippen molar-refractivity contribution in [3.63, 3.8) is 0 Å². The van der Waals surface area contributed by atoms with Crippen LogP contribution in [0.25, 0.3) is 0 Å². The quantitative estimate of drug-likeness (QED) is 0.792. The van der Waals surface area contributed by atoms with Gasteiger partial charge in [0.05, 0.1) is 13.2 Å². The van der Waals surface area contributed by atoms with Crippen molar-refractivity contribution >= 4 is 11.9 Å². The predicted octanol–water partition coefficient (Wildman–Crippen LogP) is 1.04. The molecule has 2 heterocycles. The van der Waals surface area contributed by atoms with E-state index in [-0.39, 0.29) is 24.5 Å². The second-order valence-corrected chi connectivity index (χ2v) is 3.83. The smallest absolute Gasteiger partial charge is 0.374 e. The van der Waals surface area contributed by atoms with Gasteiger partial charge in [-0.05, 0) is 0 Å². The molecule has 0 aliphatic heterocycles. The molecule has 0 aliphatic rings. The van der Waals surface area contributed by atoms with E-state index in [0.29, 0.717) is 11.4 Å². The number of rotatable bonds is 6. The number of hydrogen-bond donors (Lipinski definition) is 2. The van der Waals surface area contributed by atoms with Crippen LogP contribution in [0.5, 0.6) is 0 Å². The Morgan fingerprint density at radius 3 is 2.32 bits per heavy atom. The standard InChI is InChI=1S/2C6H7NO4/c1-10-3-5-4(6(8)9)2-11-7-5;1-10-3-4-2-5(6(8)9)11-7-4/h2*2H,3H2,1H3,(H,8,9). The summed E-state index contributed by atoms with van der Waals surface area (Å²) in [6.45, 7) is 0.412. The van der Waals surface area contributed by atoms with Crippen molar-refractivity contribution in [2.24, 2.45) is 0 Å². The molecule has 0 spiro atoms. The van der Waals surface area contributed by atoms with Gasteiger partial charge in [-0.25, -0.2) is 9.59 Å². The van der Waals surface area contributed by atoms with Crippen LogP contribution in [0, 0.1) is 0 Å². The Morgan fingerprint density at radius 2 is 1.82 bits per heavy atom. The third-order valence-electron chi connectivity index (χ3n) is 2.22. The van der Waals surface area contributed by atoms with E-state index in [2.05, 4.69) is 19.4 Å². The number of aromatic nitrogens is 2. The zero-order valence-corrected chi connectivity index (χ0v) is 11.8. The second kappa shape index (κ2) is 8.54. The Kier molecular flexibility index (Phi) is 6.73. The topological polar surface area (TPSA) is 145 Å². The van der Waals surface area contributed by atoms with Crippen LogP contribution in [-0.4, -0.2) is 46.7 Å². The van der Waals surface area contributed by atoms with Crippen molar-refractivity contribution in [3.8, 4) is 0 Å². The van der Waals surface area contributed by atoms with Gasteiger partial charge in [0.15, 0.2) is 0 Å². The number of methoxy groups -OCH3 is 2. The van der Waals surface area contributed by atoms with Gasteiger partial charge in [-0.15, -0.1) is 0 Å². The molecule has 0 saturated heterocycles. The molecule has 120 valence electrons. The first-order valence-electron chi connectivity index (χ1n) is 5.82. The lowest BCUT2D eigenvalue weighted by Gasteiger charge is -1.92. The SMILES string of the molecule is COCc1cc(C(=O)O)on1.COCc1nocc1C(=O)O. The van der Waals surface area contributed by atoms with Gasteiger partial charge < -0.3 is 28.7 Å². The molecule has 2 aromatic rings. The number of nitrogens with zero attached hydrogens (tertiary/aromatic N) is 2. The number of aromatic carboxylic acids is 2. The van der Waals surface area contributed by atoms with Gasteiger partial charge in [0.2, 0.25) is 5.76 Å². The summed E-state index contributed by atoms with van der Waals surface area (Å²) in [6.07, 6.45) is 1.08. The summed E-state index contributed by atoms with van der Waals surface area (Å²) in [4.78, 5) is 20.6. The summed E-state index contributed by atoms with van der Waals surface area (Å²) < 4.78 is 18.3. The maximum Gasteiger partial charge on any atom is 0.374 e. The van der Waals surface area contributed by atoms with E-state index in [1.165, 1.54) is 20.3 Å². The van der Waals surface area contributed by atoms with Crippen LogP contribution >= 0.6 is 0 Å². The average molecular weight is 314 g/mol. The van der Waals surface area contributed by atoms with Gasteiger partial charge in [0.25, 0.3) is 0 Å². The van der Waals surface area contributed by atoms with Gasteiger partial charge in [0.1, 0.15) is 23.2 Å². The van der Waals surface area contributed by atoms with E-state index in [1.54, 1.807) is 0 Å². The average Bonchev–Trinajstić information content (AvgIpc) is 3.09. The highest BCUT2D eigenvalue weighted by Gasteiger charge is 2.13. The fourth-order valence-corrected chi connectivity index (χ4v) is 1.30. The fraction of sp³-hybridized carbons (Fsp3) is 0.333. The lowest BCUT2D eigenvalue weighted by molar-refractivity contribution is 0.0649. The van der Waals surface area contributed by atoms with E-state index >= 15 is 0 Å². The largest absolute Gasteiger partial charge is 0.478 e. The van der Waals surface area contributed by atoms with Crippen LogP contribution in [0.2, 0.25) is 0 Å². The van der Waals surface area contributed by atoms with E-state index in [4.69, 9.17) is 19.7 Å². The predicted molar refractivity (Wildman–Crippen MR) is 68.4 cm³/mol. The van der Waals surface area contributed by atoms with Gasteiger partial charge in [-0.2, -0.15) is 0 Å². The van der Waals surface area contributed by atoms with Crippen LogP contribution in [0.1, 0.15) is 32.3 Å². The highest BCUT2D eigenvalue weighted by molar-refractivity contribution is 5.88. The van der Waals surface area contributed by atoms with E-state index in [0.717, 1.165) is 6.26 Å². The molecule has 0 aromatic carbocycles. The molecule has 0 fully saturated rings. The minimum absolute atomic E-state index is 0.0480. The van der Waals surface area contributed by atoms with Crippen molar-refractivity contribution in [3.05, 3.63) is 35.0 Å². The maximum absolute atomic E-state index is 10.4. The molecule has 2 aromatic heterocycles. The Balaban J connectivity index is 0.000000220. The lowest BCUT2D eigenvalue weighted by atomic mass is 10.3. The number of hydrogen-bond acceptors (Lipinski definition) is 8. The Hall–Kier alpha value is -2.72. The first-order chi connectivity index (χ1) is 10.5. The van der Waals surface area contributed by atoms with E-state index < -0.39 is 11.9 Å². The molecule has 0 radical (unpaired) electrons. The molecule has 10 heteroatoms. The molecule has 0 saturated carbocycles. The first kappa shape index (κ1) is 17.3. The second-order valence-electron chi connectivity index (χ2n) is 3.83. The molecule has 2 rings (SSSR count). The van der Waals surface area contributed by atoms with Crippen LogP contribution in [0.3, 0.4) is 0 Å².